The summed E-state index contributed by atoms with van der Waals surface area (Å²) < 4.78 is 0. The molecule has 0 aliphatic carbocycles. The van der Waals surface area contributed by atoms with Crippen molar-refractivity contribution in [2.24, 2.45) is 5.92 Å². The number of carbonyl (C=O) groups is 1. The van der Waals surface area contributed by atoms with Crippen LogP contribution in [0.4, 0.5) is 0 Å². The van der Waals surface area contributed by atoms with E-state index in [0.717, 1.165) is 48.2 Å². The molecule has 25 heavy (non-hydrogen) atoms. The van der Waals surface area contributed by atoms with Gasteiger partial charge in [-0.2, -0.15) is 5.06 Å². The Labute approximate surface area is 150 Å². The fourth-order valence-electron chi connectivity index (χ4n) is 4.10. The molecule has 2 N–H and O–H groups in total. The Bertz CT molecular complexity index is 665. The van der Waals surface area contributed by atoms with Gasteiger partial charge in [0.2, 0.25) is 0 Å². The Balaban J connectivity index is 0.00000225. The predicted molar refractivity (Wildman–Crippen MR) is 100 cm³/mol. The molecule has 1 atom stereocenters. The van der Waals surface area contributed by atoms with E-state index < -0.39 is 0 Å². The van der Waals surface area contributed by atoms with Gasteiger partial charge in [-0.3, -0.25) is 4.79 Å². The zero-order chi connectivity index (χ0) is 17.4. The molecule has 0 spiro atoms. The highest BCUT2D eigenvalue weighted by molar-refractivity contribution is 6.23. The maximum Gasteiger partial charge on any atom is 0.256 e. The van der Waals surface area contributed by atoms with Crippen LogP contribution >= 0.6 is 0 Å². The number of aryl methyl sites for hydroxylation is 3. The number of amides is 1. The van der Waals surface area contributed by atoms with Gasteiger partial charge >= 0.3 is 0 Å². The summed E-state index contributed by atoms with van der Waals surface area (Å²) in [6.45, 7) is 7.66. The number of rotatable bonds is 3. The van der Waals surface area contributed by atoms with Gasteiger partial charge in [0.15, 0.2) is 0 Å². The third-order valence-corrected chi connectivity index (χ3v) is 5.22. The van der Waals surface area contributed by atoms with Gasteiger partial charge in [0, 0.05) is 13.1 Å². The molecular weight excluding hydrogens is 316 g/mol. The summed E-state index contributed by atoms with van der Waals surface area (Å²) in [6.07, 6.45) is 1.78. The van der Waals surface area contributed by atoms with Crippen LogP contribution in [0.15, 0.2) is 17.9 Å². The fraction of sp³-hybridized carbons (Fsp3) is 0.550. The quantitative estimate of drug-likeness (QED) is 0.882. The van der Waals surface area contributed by atoms with Crippen molar-refractivity contribution in [3.8, 4) is 0 Å². The number of aliphatic hydroxyl groups excluding tert-OH is 1. The maximum absolute atomic E-state index is 12.6. The molecule has 1 saturated heterocycles. The molecule has 1 unspecified atom stereocenters. The highest BCUT2D eigenvalue weighted by atomic mass is 16.7. The van der Waals surface area contributed by atoms with E-state index in [-0.39, 0.29) is 31.1 Å². The van der Waals surface area contributed by atoms with Gasteiger partial charge in [-0.15, -0.1) is 0 Å². The lowest BCUT2D eigenvalue weighted by atomic mass is 9.87. The van der Waals surface area contributed by atoms with Crippen molar-refractivity contribution >= 4 is 11.5 Å². The van der Waals surface area contributed by atoms with Gasteiger partial charge in [-0.1, -0.05) is 25.1 Å². The number of carbonyl (C=O) groups excluding carboxylic acids is 1. The standard InChI is InChI=1S/C19H26N2O3.CH4/c1-11-9-12(2)15(13(3)10-11)16-18(22)17(20-19(16)23)14-5-7-21(24-4)8-6-14;/h9-10,14,17,22H,5-8H2,1-4H3,(H,20,23);1H4. The van der Waals surface area contributed by atoms with Crippen molar-refractivity contribution in [2.45, 2.75) is 47.1 Å². The van der Waals surface area contributed by atoms with Crippen LogP contribution in [0.2, 0.25) is 0 Å². The monoisotopic (exact) mass is 346 g/mol. The van der Waals surface area contributed by atoms with Crippen molar-refractivity contribution in [1.82, 2.24) is 10.4 Å². The average Bonchev–Trinajstić information content (AvgIpc) is 2.82. The zero-order valence-electron chi connectivity index (χ0n) is 14.8. The second kappa shape index (κ2) is 7.58. The molecule has 5 nitrogen and oxygen atoms in total. The minimum atomic E-state index is -0.286. The first-order valence-corrected chi connectivity index (χ1v) is 8.53. The van der Waals surface area contributed by atoms with Crippen LogP contribution in [-0.4, -0.2) is 42.3 Å². The number of aliphatic hydroxyl groups is 1. The average molecular weight is 346 g/mol. The van der Waals surface area contributed by atoms with Gasteiger partial charge in [0.25, 0.3) is 5.91 Å². The summed E-state index contributed by atoms with van der Waals surface area (Å²) in [5.41, 5.74) is 4.53. The van der Waals surface area contributed by atoms with E-state index in [1.165, 1.54) is 0 Å². The fourth-order valence-corrected chi connectivity index (χ4v) is 4.10. The molecule has 0 bridgehead atoms. The van der Waals surface area contributed by atoms with Gasteiger partial charge in [-0.05, 0) is 56.2 Å². The number of benzene rings is 1. The lowest BCUT2D eigenvalue weighted by Crippen LogP contribution is -2.42. The molecular formula is C20H30N2O3. The summed E-state index contributed by atoms with van der Waals surface area (Å²) in [4.78, 5) is 17.8. The zero-order valence-corrected chi connectivity index (χ0v) is 14.8. The third kappa shape index (κ3) is 3.58. The minimum absolute atomic E-state index is 0. The Hall–Kier alpha value is -1.85. The van der Waals surface area contributed by atoms with E-state index >= 15 is 0 Å². The Morgan fingerprint density at radius 2 is 1.72 bits per heavy atom. The molecule has 2 aliphatic rings. The van der Waals surface area contributed by atoms with E-state index in [1.807, 2.05) is 25.8 Å². The Morgan fingerprint density at radius 3 is 2.24 bits per heavy atom. The lowest BCUT2D eigenvalue weighted by Gasteiger charge is -2.33. The normalized spacial score (nSPS) is 22.1. The molecule has 138 valence electrons. The van der Waals surface area contributed by atoms with Crippen LogP contribution in [-0.2, 0) is 9.63 Å². The predicted octanol–water partition coefficient (Wildman–Crippen LogP) is 3.29. The SMILES string of the molecule is C.CON1CCC(C2NC(=O)C(c3c(C)cc(C)cc3C)=C2O)CC1. The number of nitrogens with one attached hydrogen (secondary N) is 1. The molecule has 0 aromatic heterocycles. The van der Waals surface area contributed by atoms with E-state index in [2.05, 4.69) is 17.4 Å². The number of hydrogen-bond donors (Lipinski definition) is 2. The summed E-state index contributed by atoms with van der Waals surface area (Å²) in [5.74, 6) is 0.275. The molecule has 0 saturated carbocycles. The van der Waals surface area contributed by atoms with Crippen molar-refractivity contribution < 1.29 is 14.7 Å². The first kappa shape index (κ1) is 19.5. The number of hydrogen-bond acceptors (Lipinski definition) is 4. The highest BCUT2D eigenvalue weighted by Gasteiger charge is 2.39. The van der Waals surface area contributed by atoms with Gasteiger partial charge in [-0.25, -0.2) is 0 Å². The minimum Gasteiger partial charge on any atom is -0.509 e. The van der Waals surface area contributed by atoms with Crippen LogP contribution in [0.25, 0.3) is 5.57 Å². The Morgan fingerprint density at radius 1 is 1.16 bits per heavy atom. The third-order valence-electron chi connectivity index (χ3n) is 5.22. The van der Waals surface area contributed by atoms with Gasteiger partial charge < -0.3 is 15.3 Å². The first-order chi connectivity index (χ1) is 11.4. The maximum atomic E-state index is 12.6. The first-order valence-electron chi connectivity index (χ1n) is 8.53. The van der Waals surface area contributed by atoms with Gasteiger partial charge in [0.05, 0.1) is 18.7 Å². The summed E-state index contributed by atoms with van der Waals surface area (Å²) in [6, 6.07) is 3.83. The van der Waals surface area contributed by atoms with Gasteiger partial charge in [0.1, 0.15) is 5.76 Å². The lowest BCUT2D eigenvalue weighted by molar-refractivity contribution is -0.149. The highest BCUT2D eigenvalue weighted by Crippen LogP contribution is 2.35. The van der Waals surface area contributed by atoms with Crippen LogP contribution in [0.3, 0.4) is 0 Å². The number of hydroxylamine groups is 2. The summed E-state index contributed by atoms with van der Waals surface area (Å²) in [5, 5.41) is 15.7. The van der Waals surface area contributed by atoms with E-state index in [9.17, 15) is 9.90 Å². The number of nitrogens with zero attached hydrogens (tertiary/aromatic N) is 1. The van der Waals surface area contributed by atoms with Crippen LogP contribution in [0, 0.1) is 26.7 Å². The van der Waals surface area contributed by atoms with Crippen LogP contribution in [0.1, 0.15) is 42.5 Å². The molecule has 5 heteroatoms. The molecule has 1 fully saturated rings. The second-order valence-corrected chi connectivity index (χ2v) is 6.93. The van der Waals surface area contributed by atoms with Crippen molar-refractivity contribution in [3.63, 3.8) is 0 Å². The largest absolute Gasteiger partial charge is 0.509 e. The molecule has 3 rings (SSSR count). The second-order valence-electron chi connectivity index (χ2n) is 6.93. The van der Waals surface area contributed by atoms with Crippen molar-refractivity contribution in [1.29, 1.82) is 0 Å². The molecule has 2 aliphatic heterocycles. The van der Waals surface area contributed by atoms with Crippen LogP contribution < -0.4 is 5.32 Å². The van der Waals surface area contributed by atoms with Crippen LogP contribution in [0.5, 0.6) is 0 Å². The number of piperidine rings is 1. The van der Waals surface area contributed by atoms with E-state index in [4.69, 9.17) is 4.84 Å². The summed E-state index contributed by atoms with van der Waals surface area (Å²) >= 11 is 0. The van der Waals surface area contributed by atoms with Crippen molar-refractivity contribution in [3.05, 3.63) is 40.1 Å². The Kier molecular flexibility index (Phi) is 5.91. The van der Waals surface area contributed by atoms with E-state index in [1.54, 1.807) is 7.11 Å². The smallest absolute Gasteiger partial charge is 0.256 e. The molecule has 1 amide bonds. The molecule has 1 aromatic rings. The molecule has 0 radical (unpaired) electrons. The molecule has 1 aromatic carbocycles. The van der Waals surface area contributed by atoms with Crippen molar-refractivity contribution in [2.75, 3.05) is 20.2 Å². The van der Waals surface area contributed by atoms with E-state index in [0.29, 0.717) is 5.57 Å². The molecule has 2 heterocycles. The topological polar surface area (TPSA) is 61.8 Å². The summed E-state index contributed by atoms with van der Waals surface area (Å²) in [7, 11) is 1.68.